The zero-order valence-electron chi connectivity index (χ0n) is 9.20. The van der Waals surface area contributed by atoms with Crippen LogP contribution in [0.4, 0.5) is 0 Å². The van der Waals surface area contributed by atoms with E-state index in [9.17, 15) is 4.79 Å². The largest absolute Gasteiger partial charge is 0.352 e. The molecule has 1 amide bonds. The van der Waals surface area contributed by atoms with Gasteiger partial charge >= 0.3 is 0 Å². The first-order valence-corrected chi connectivity index (χ1v) is 5.93. The summed E-state index contributed by atoms with van der Waals surface area (Å²) in [5.74, 6) is 1.97. The van der Waals surface area contributed by atoms with Gasteiger partial charge in [0, 0.05) is 12.0 Å². The Kier molecular flexibility index (Phi) is 2.95. The van der Waals surface area contributed by atoms with Crippen molar-refractivity contribution in [2.45, 2.75) is 45.1 Å². The van der Waals surface area contributed by atoms with E-state index in [4.69, 9.17) is 5.26 Å². The standard InChI is InChI=1S/C12H18N2O/c1-2-9(5-6-13)14-12(15)11-7-10(11)8-3-4-8/h8-11H,2-5,7H2,1H3,(H,14,15). The molecule has 0 radical (unpaired) electrons. The molecule has 1 N–H and O–H groups in total. The maximum atomic E-state index is 11.8. The number of rotatable bonds is 5. The lowest BCUT2D eigenvalue weighted by Gasteiger charge is -2.13. The quantitative estimate of drug-likeness (QED) is 0.746. The van der Waals surface area contributed by atoms with Crippen molar-refractivity contribution < 1.29 is 4.79 Å². The normalized spacial score (nSPS) is 30.4. The number of hydrogen-bond acceptors (Lipinski definition) is 2. The number of carbonyl (C=O) groups excluding carboxylic acids is 1. The van der Waals surface area contributed by atoms with Gasteiger partial charge in [-0.05, 0) is 37.5 Å². The summed E-state index contributed by atoms with van der Waals surface area (Å²) < 4.78 is 0. The average molecular weight is 206 g/mol. The van der Waals surface area contributed by atoms with Crippen LogP contribution >= 0.6 is 0 Å². The molecule has 2 fully saturated rings. The molecule has 3 nitrogen and oxygen atoms in total. The van der Waals surface area contributed by atoms with Gasteiger partial charge in [-0.25, -0.2) is 0 Å². The van der Waals surface area contributed by atoms with Crippen LogP contribution in [0.5, 0.6) is 0 Å². The molecule has 2 saturated carbocycles. The first kappa shape index (κ1) is 10.5. The number of hydrogen-bond donors (Lipinski definition) is 1. The molecule has 2 aliphatic rings. The highest BCUT2D eigenvalue weighted by Crippen LogP contribution is 2.54. The minimum atomic E-state index is 0.0583. The van der Waals surface area contributed by atoms with Crippen molar-refractivity contribution in [1.82, 2.24) is 5.32 Å². The SMILES string of the molecule is CCC(CC#N)NC(=O)C1CC1C1CC1. The zero-order valence-corrected chi connectivity index (χ0v) is 9.20. The van der Waals surface area contributed by atoms with Crippen LogP contribution in [-0.4, -0.2) is 11.9 Å². The van der Waals surface area contributed by atoms with E-state index in [-0.39, 0.29) is 17.9 Å². The topological polar surface area (TPSA) is 52.9 Å². The van der Waals surface area contributed by atoms with Crippen molar-refractivity contribution in [1.29, 1.82) is 5.26 Å². The van der Waals surface area contributed by atoms with Gasteiger partial charge in [0.05, 0.1) is 12.5 Å². The molecule has 0 aliphatic heterocycles. The van der Waals surface area contributed by atoms with E-state index in [0.29, 0.717) is 12.3 Å². The summed E-state index contributed by atoms with van der Waals surface area (Å²) >= 11 is 0. The third kappa shape index (κ3) is 2.50. The summed E-state index contributed by atoms with van der Waals surface area (Å²) in [7, 11) is 0. The van der Waals surface area contributed by atoms with E-state index in [1.807, 2.05) is 6.92 Å². The van der Waals surface area contributed by atoms with E-state index >= 15 is 0 Å². The van der Waals surface area contributed by atoms with Gasteiger partial charge in [0.25, 0.3) is 0 Å². The summed E-state index contributed by atoms with van der Waals surface area (Å²) in [6.07, 6.45) is 5.01. The number of nitrogens with zero attached hydrogens (tertiary/aromatic N) is 1. The Labute approximate surface area is 90.8 Å². The summed E-state index contributed by atoms with van der Waals surface area (Å²) in [5.41, 5.74) is 0. The van der Waals surface area contributed by atoms with Crippen LogP contribution in [0.3, 0.4) is 0 Å². The van der Waals surface area contributed by atoms with Gasteiger partial charge in [-0.15, -0.1) is 0 Å². The second-order valence-corrected chi connectivity index (χ2v) is 4.82. The highest BCUT2D eigenvalue weighted by Gasteiger charge is 2.51. The Morgan fingerprint density at radius 2 is 2.33 bits per heavy atom. The van der Waals surface area contributed by atoms with Crippen molar-refractivity contribution in [3.63, 3.8) is 0 Å². The lowest BCUT2D eigenvalue weighted by atomic mass is 10.1. The van der Waals surface area contributed by atoms with Gasteiger partial charge < -0.3 is 5.32 Å². The zero-order chi connectivity index (χ0) is 10.8. The summed E-state index contributed by atoms with van der Waals surface area (Å²) in [6.45, 7) is 2.01. The van der Waals surface area contributed by atoms with E-state index in [2.05, 4.69) is 11.4 Å². The molecule has 0 aromatic carbocycles. The minimum Gasteiger partial charge on any atom is -0.352 e. The van der Waals surface area contributed by atoms with Crippen LogP contribution in [0.1, 0.15) is 39.0 Å². The van der Waals surface area contributed by atoms with Crippen molar-refractivity contribution in [3.05, 3.63) is 0 Å². The van der Waals surface area contributed by atoms with Gasteiger partial charge in [0.15, 0.2) is 0 Å². The Balaban J connectivity index is 1.74. The number of carbonyl (C=O) groups is 1. The Morgan fingerprint density at radius 3 is 2.87 bits per heavy atom. The first-order valence-electron chi connectivity index (χ1n) is 5.93. The molecule has 2 rings (SSSR count). The highest BCUT2D eigenvalue weighted by molar-refractivity contribution is 5.82. The van der Waals surface area contributed by atoms with E-state index in [1.54, 1.807) is 0 Å². The Bertz CT molecular complexity index is 290. The molecule has 0 aromatic rings. The lowest BCUT2D eigenvalue weighted by molar-refractivity contribution is -0.123. The molecule has 82 valence electrons. The molecule has 15 heavy (non-hydrogen) atoms. The van der Waals surface area contributed by atoms with E-state index in [0.717, 1.165) is 18.8 Å². The van der Waals surface area contributed by atoms with Crippen LogP contribution in [0.2, 0.25) is 0 Å². The summed E-state index contributed by atoms with van der Waals surface area (Å²) in [4.78, 5) is 11.8. The second kappa shape index (κ2) is 4.22. The van der Waals surface area contributed by atoms with Crippen molar-refractivity contribution in [2.75, 3.05) is 0 Å². The monoisotopic (exact) mass is 206 g/mol. The molecule has 3 unspecified atom stereocenters. The van der Waals surface area contributed by atoms with Gasteiger partial charge in [-0.3, -0.25) is 4.79 Å². The van der Waals surface area contributed by atoms with E-state index < -0.39 is 0 Å². The molecule has 0 spiro atoms. The van der Waals surface area contributed by atoms with Crippen LogP contribution in [-0.2, 0) is 4.79 Å². The lowest BCUT2D eigenvalue weighted by Crippen LogP contribution is -2.35. The van der Waals surface area contributed by atoms with Crippen LogP contribution in [0.25, 0.3) is 0 Å². The third-order valence-corrected chi connectivity index (χ3v) is 3.58. The molecule has 0 heterocycles. The maximum absolute atomic E-state index is 11.8. The van der Waals surface area contributed by atoms with E-state index in [1.165, 1.54) is 12.8 Å². The van der Waals surface area contributed by atoms with Crippen LogP contribution in [0, 0.1) is 29.1 Å². The fourth-order valence-corrected chi connectivity index (χ4v) is 2.28. The smallest absolute Gasteiger partial charge is 0.223 e. The minimum absolute atomic E-state index is 0.0583. The van der Waals surface area contributed by atoms with Crippen LogP contribution in [0.15, 0.2) is 0 Å². The Morgan fingerprint density at radius 1 is 1.60 bits per heavy atom. The number of nitrogens with one attached hydrogen (secondary N) is 1. The third-order valence-electron chi connectivity index (χ3n) is 3.58. The van der Waals surface area contributed by atoms with Crippen molar-refractivity contribution in [2.24, 2.45) is 17.8 Å². The maximum Gasteiger partial charge on any atom is 0.223 e. The number of amides is 1. The summed E-state index contributed by atoms with van der Waals surface area (Å²) in [5, 5.41) is 11.6. The fourth-order valence-electron chi connectivity index (χ4n) is 2.28. The number of nitriles is 1. The molecular weight excluding hydrogens is 188 g/mol. The average Bonchev–Trinajstić information content (AvgIpc) is 3.03. The first-order chi connectivity index (χ1) is 7.26. The highest BCUT2D eigenvalue weighted by atomic mass is 16.2. The van der Waals surface area contributed by atoms with Crippen molar-refractivity contribution >= 4 is 5.91 Å². The second-order valence-electron chi connectivity index (χ2n) is 4.82. The predicted octanol–water partition coefficient (Wildman–Crippen LogP) is 1.84. The molecule has 3 heteroatoms. The van der Waals surface area contributed by atoms with Gasteiger partial charge in [0.1, 0.15) is 0 Å². The molecule has 0 saturated heterocycles. The van der Waals surface area contributed by atoms with Crippen LogP contribution < -0.4 is 5.32 Å². The molecule has 2 aliphatic carbocycles. The summed E-state index contributed by atoms with van der Waals surface area (Å²) in [6, 6.07) is 2.17. The fraction of sp³-hybridized carbons (Fsp3) is 0.833. The van der Waals surface area contributed by atoms with Crippen molar-refractivity contribution in [3.8, 4) is 6.07 Å². The van der Waals surface area contributed by atoms with Gasteiger partial charge in [0.2, 0.25) is 5.91 Å². The Hall–Kier alpha value is -1.04. The molecule has 0 bridgehead atoms. The molecule has 0 aromatic heterocycles. The molecule has 3 atom stereocenters. The predicted molar refractivity (Wildman–Crippen MR) is 56.8 cm³/mol. The molecular formula is C12H18N2O. The van der Waals surface area contributed by atoms with Gasteiger partial charge in [-0.2, -0.15) is 5.26 Å². The van der Waals surface area contributed by atoms with Gasteiger partial charge in [-0.1, -0.05) is 6.92 Å².